The molecule has 7 nitrogen and oxygen atoms in total. The third-order valence-electron chi connectivity index (χ3n) is 4.87. The van der Waals surface area contributed by atoms with Gasteiger partial charge in [0.1, 0.15) is 0 Å². The van der Waals surface area contributed by atoms with Gasteiger partial charge in [0.25, 0.3) is 5.91 Å². The number of furan rings is 1. The molecule has 7 heteroatoms. The highest BCUT2D eigenvalue weighted by Gasteiger charge is 2.25. The van der Waals surface area contributed by atoms with Crippen LogP contribution < -0.4 is 5.32 Å². The van der Waals surface area contributed by atoms with Crippen molar-refractivity contribution in [2.75, 3.05) is 52.4 Å². The minimum absolute atomic E-state index is 0.0354. The van der Waals surface area contributed by atoms with Gasteiger partial charge >= 0.3 is 0 Å². The van der Waals surface area contributed by atoms with E-state index in [1.54, 1.807) is 12.1 Å². The molecule has 0 spiro atoms. The van der Waals surface area contributed by atoms with Gasteiger partial charge in [0, 0.05) is 38.8 Å². The molecule has 26 heavy (non-hydrogen) atoms. The molecule has 1 saturated heterocycles. The maximum Gasteiger partial charge on any atom is 0.289 e. The summed E-state index contributed by atoms with van der Waals surface area (Å²) in [7, 11) is 0. The van der Waals surface area contributed by atoms with E-state index in [2.05, 4.69) is 42.8 Å². The number of guanidine groups is 1. The quantitative estimate of drug-likeness (QED) is 0.590. The van der Waals surface area contributed by atoms with Crippen molar-refractivity contribution in [1.82, 2.24) is 20.0 Å². The van der Waals surface area contributed by atoms with E-state index in [1.807, 2.05) is 4.90 Å². The minimum Gasteiger partial charge on any atom is -0.459 e. The number of carbonyl (C=O) groups excluding carboxylic acids is 1. The zero-order valence-electron chi connectivity index (χ0n) is 16.6. The van der Waals surface area contributed by atoms with Crippen molar-refractivity contribution in [3.8, 4) is 0 Å². The Morgan fingerprint density at radius 2 is 1.88 bits per heavy atom. The van der Waals surface area contributed by atoms with Crippen LogP contribution in [0.1, 0.15) is 38.2 Å². The second-order valence-electron chi connectivity index (χ2n) is 6.52. The Morgan fingerprint density at radius 1 is 1.23 bits per heavy atom. The van der Waals surface area contributed by atoms with Crippen LogP contribution in [0.25, 0.3) is 0 Å². The number of nitrogens with zero attached hydrogens (tertiary/aromatic N) is 4. The number of piperazine rings is 1. The smallest absolute Gasteiger partial charge is 0.289 e. The van der Waals surface area contributed by atoms with Crippen LogP contribution >= 0.6 is 0 Å². The minimum atomic E-state index is -0.0354. The molecule has 0 bridgehead atoms. The summed E-state index contributed by atoms with van der Waals surface area (Å²) < 4.78 is 5.22. The lowest BCUT2D eigenvalue weighted by molar-refractivity contribution is 0.0657. The fraction of sp³-hybridized carbons (Fsp3) is 0.684. The monoisotopic (exact) mass is 363 g/mol. The number of likely N-dealkylation sites (N-methyl/N-ethyl adjacent to an activating group) is 1. The fourth-order valence-electron chi connectivity index (χ4n) is 3.28. The van der Waals surface area contributed by atoms with Crippen molar-refractivity contribution in [1.29, 1.82) is 0 Å². The van der Waals surface area contributed by atoms with Crippen LogP contribution in [0.4, 0.5) is 0 Å². The van der Waals surface area contributed by atoms with Crippen LogP contribution in [-0.2, 0) is 0 Å². The van der Waals surface area contributed by atoms with E-state index in [1.165, 1.54) is 6.26 Å². The number of amides is 1. The second-order valence-corrected chi connectivity index (χ2v) is 6.52. The average molecular weight is 364 g/mol. The molecule has 146 valence electrons. The fourth-order valence-corrected chi connectivity index (χ4v) is 3.28. The van der Waals surface area contributed by atoms with Gasteiger partial charge in [-0.2, -0.15) is 0 Å². The molecule has 2 rings (SSSR count). The normalized spacial score (nSPS) is 16.9. The first-order chi connectivity index (χ1) is 12.6. The molecular weight excluding hydrogens is 330 g/mol. The highest BCUT2D eigenvalue weighted by atomic mass is 16.3. The summed E-state index contributed by atoms with van der Waals surface area (Å²) in [6.45, 7) is 15.3. The van der Waals surface area contributed by atoms with Gasteiger partial charge in [-0.1, -0.05) is 13.8 Å². The molecule has 1 aliphatic heterocycles. The zero-order chi connectivity index (χ0) is 18.9. The summed E-state index contributed by atoms with van der Waals surface area (Å²) in [6, 6.07) is 3.88. The molecule has 0 radical (unpaired) electrons. The van der Waals surface area contributed by atoms with Crippen LogP contribution in [0.2, 0.25) is 0 Å². The van der Waals surface area contributed by atoms with E-state index < -0.39 is 0 Å². The predicted octanol–water partition coefficient (Wildman–Crippen LogP) is 1.73. The molecule has 1 fully saturated rings. The third-order valence-corrected chi connectivity index (χ3v) is 4.87. The van der Waals surface area contributed by atoms with Crippen LogP contribution in [-0.4, -0.2) is 85.0 Å². The Balaban J connectivity index is 1.92. The molecule has 1 aromatic heterocycles. The van der Waals surface area contributed by atoms with Gasteiger partial charge in [0.2, 0.25) is 0 Å². The highest BCUT2D eigenvalue weighted by molar-refractivity contribution is 5.91. The second kappa shape index (κ2) is 10.2. The van der Waals surface area contributed by atoms with Crippen molar-refractivity contribution in [2.45, 2.75) is 33.7 Å². The lowest BCUT2D eigenvalue weighted by Crippen LogP contribution is -2.54. The van der Waals surface area contributed by atoms with E-state index >= 15 is 0 Å². The van der Waals surface area contributed by atoms with E-state index in [4.69, 9.17) is 9.41 Å². The van der Waals surface area contributed by atoms with Gasteiger partial charge in [0.15, 0.2) is 11.7 Å². The molecule has 1 amide bonds. The summed E-state index contributed by atoms with van der Waals surface area (Å²) in [6.07, 6.45) is 1.54. The number of hydrogen-bond acceptors (Lipinski definition) is 4. The van der Waals surface area contributed by atoms with Crippen molar-refractivity contribution >= 4 is 11.9 Å². The standard InChI is InChI=1S/C19H33N5O2/c1-5-20-19(21-15-16(4)22(6-2)7-3)24-12-10-23(11-13-24)18(25)17-9-8-14-26-17/h8-9,14,16H,5-7,10-13,15H2,1-4H3,(H,20,21). The first kappa shape index (κ1) is 20.3. The van der Waals surface area contributed by atoms with Gasteiger partial charge in [-0.25, -0.2) is 0 Å². The Kier molecular flexibility index (Phi) is 7.97. The highest BCUT2D eigenvalue weighted by Crippen LogP contribution is 2.10. The van der Waals surface area contributed by atoms with Crippen molar-refractivity contribution in [2.24, 2.45) is 4.99 Å². The lowest BCUT2D eigenvalue weighted by atomic mass is 10.2. The SMILES string of the molecule is CCNC(=NCC(C)N(CC)CC)N1CCN(C(=O)c2ccco2)CC1. The van der Waals surface area contributed by atoms with E-state index in [0.717, 1.165) is 45.2 Å². The van der Waals surface area contributed by atoms with Gasteiger partial charge < -0.3 is 19.5 Å². The Labute approximate surface area is 157 Å². The number of aliphatic imine (C=N–C) groups is 1. The molecule has 0 aromatic carbocycles. The average Bonchev–Trinajstić information content (AvgIpc) is 3.20. The molecule has 1 aliphatic rings. The number of nitrogens with one attached hydrogen (secondary N) is 1. The first-order valence-electron chi connectivity index (χ1n) is 9.70. The van der Waals surface area contributed by atoms with E-state index in [-0.39, 0.29) is 5.91 Å². The van der Waals surface area contributed by atoms with Crippen LogP contribution in [0.3, 0.4) is 0 Å². The van der Waals surface area contributed by atoms with Gasteiger partial charge in [-0.05, 0) is 39.1 Å². The van der Waals surface area contributed by atoms with E-state index in [0.29, 0.717) is 24.9 Å². The van der Waals surface area contributed by atoms with E-state index in [9.17, 15) is 4.79 Å². The molecule has 2 heterocycles. The Morgan fingerprint density at radius 3 is 2.42 bits per heavy atom. The van der Waals surface area contributed by atoms with Gasteiger partial charge in [-0.3, -0.25) is 14.7 Å². The maximum atomic E-state index is 12.4. The summed E-state index contributed by atoms with van der Waals surface area (Å²) >= 11 is 0. The van der Waals surface area contributed by atoms with Crippen LogP contribution in [0, 0.1) is 0 Å². The summed E-state index contributed by atoms with van der Waals surface area (Å²) in [5.41, 5.74) is 0. The Hall–Kier alpha value is -2.02. The molecule has 0 saturated carbocycles. The number of carbonyl (C=O) groups is 1. The number of rotatable bonds is 7. The maximum absolute atomic E-state index is 12.4. The number of hydrogen-bond donors (Lipinski definition) is 1. The van der Waals surface area contributed by atoms with Crippen LogP contribution in [0.15, 0.2) is 27.8 Å². The summed E-state index contributed by atoms with van der Waals surface area (Å²) in [4.78, 5) is 23.7. The van der Waals surface area contributed by atoms with Gasteiger partial charge in [0.05, 0.1) is 12.8 Å². The summed E-state index contributed by atoms with van der Waals surface area (Å²) in [5, 5.41) is 3.39. The molecule has 1 N–H and O–H groups in total. The van der Waals surface area contributed by atoms with Crippen molar-refractivity contribution in [3.05, 3.63) is 24.2 Å². The first-order valence-corrected chi connectivity index (χ1v) is 9.70. The molecule has 1 aromatic rings. The van der Waals surface area contributed by atoms with Gasteiger partial charge in [-0.15, -0.1) is 0 Å². The molecule has 1 unspecified atom stereocenters. The summed E-state index contributed by atoms with van der Waals surface area (Å²) in [5.74, 6) is 1.32. The topological polar surface area (TPSA) is 64.3 Å². The van der Waals surface area contributed by atoms with Crippen LogP contribution in [0.5, 0.6) is 0 Å². The third kappa shape index (κ3) is 5.24. The lowest BCUT2D eigenvalue weighted by Gasteiger charge is -2.36. The molecule has 0 aliphatic carbocycles. The van der Waals surface area contributed by atoms with Crippen molar-refractivity contribution < 1.29 is 9.21 Å². The zero-order valence-corrected chi connectivity index (χ0v) is 16.6. The predicted molar refractivity (Wildman–Crippen MR) is 105 cm³/mol. The largest absolute Gasteiger partial charge is 0.459 e. The Bertz CT molecular complexity index is 560. The van der Waals surface area contributed by atoms with Crippen molar-refractivity contribution in [3.63, 3.8) is 0 Å². The molecule has 1 atom stereocenters. The molecular formula is C19H33N5O2.